The number of hydrogen-bond donors (Lipinski definition) is 1. The maximum atomic E-state index is 12.8. The van der Waals surface area contributed by atoms with Crippen LogP contribution >= 0.6 is 15.9 Å². The Bertz CT molecular complexity index is 873. The number of hydrogen-bond acceptors (Lipinski definition) is 4. The van der Waals surface area contributed by atoms with Crippen molar-refractivity contribution in [2.24, 2.45) is 0 Å². The molecule has 2 aromatic rings. The second kappa shape index (κ2) is 8.34. The van der Waals surface area contributed by atoms with Crippen molar-refractivity contribution >= 4 is 21.8 Å². The number of rotatable bonds is 6. The van der Waals surface area contributed by atoms with E-state index in [1.165, 1.54) is 6.07 Å². The van der Waals surface area contributed by atoms with Gasteiger partial charge < -0.3 is 19.5 Å². The van der Waals surface area contributed by atoms with Gasteiger partial charge in [0.05, 0.1) is 5.41 Å². The molecule has 0 fully saturated rings. The molecular weight excluding hydrogens is 436 g/mol. The van der Waals surface area contributed by atoms with Gasteiger partial charge in [-0.1, -0.05) is 22.0 Å². The summed E-state index contributed by atoms with van der Waals surface area (Å²) in [6.07, 6.45) is 0. The third kappa shape index (κ3) is 4.55. The summed E-state index contributed by atoms with van der Waals surface area (Å²) in [7, 11) is 0. The van der Waals surface area contributed by atoms with E-state index in [1.54, 1.807) is 38.1 Å². The fourth-order valence-electron chi connectivity index (χ4n) is 2.86. The van der Waals surface area contributed by atoms with Crippen LogP contribution in [0.15, 0.2) is 40.9 Å². The Labute approximate surface area is 170 Å². The van der Waals surface area contributed by atoms with E-state index in [4.69, 9.17) is 9.47 Å². The highest BCUT2D eigenvalue weighted by atomic mass is 79.9. The Balaban J connectivity index is 1.75. The predicted molar refractivity (Wildman–Crippen MR) is 103 cm³/mol. The quantitative estimate of drug-likeness (QED) is 0.700. The molecular formula is C20H20BrF2NO4. The Hall–Kier alpha value is -2.35. The summed E-state index contributed by atoms with van der Waals surface area (Å²) < 4.78 is 41.5. The van der Waals surface area contributed by atoms with Gasteiger partial charge in [-0.05, 0) is 49.7 Å². The number of halogens is 3. The van der Waals surface area contributed by atoms with Gasteiger partial charge in [-0.15, -0.1) is 0 Å². The van der Waals surface area contributed by atoms with Gasteiger partial charge in [-0.3, -0.25) is 4.79 Å². The molecule has 0 spiro atoms. The average Bonchev–Trinajstić information content (AvgIpc) is 2.67. The monoisotopic (exact) mass is 455 g/mol. The van der Waals surface area contributed by atoms with Crippen LogP contribution in [0.2, 0.25) is 0 Å². The lowest BCUT2D eigenvalue weighted by Crippen LogP contribution is -2.39. The van der Waals surface area contributed by atoms with E-state index < -0.39 is 12.0 Å². The molecule has 0 saturated carbocycles. The first-order chi connectivity index (χ1) is 13.3. The maximum Gasteiger partial charge on any atom is 0.387 e. The predicted octanol–water partition coefficient (Wildman–Crippen LogP) is 4.42. The minimum Gasteiger partial charge on any atom is -0.486 e. The van der Waals surface area contributed by atoms with Gasteiger partial charge >= 0.3 is 6.61 Å². The smallest absolute Gasteiger partial charge is 0.387 e. The van der Waals surface area contributed by atoms with Crippen molar-refractivity contribution in [3.8, 4) is 17.2 Å². The van der Waals surface area contributed by atoms with Crippen LogP contribution in [-0.2, 0) is 16.8 Å². The first-order valence-corrected chi connectivity index (χ1v) is 9.48. The zero-order valence-corrected chi connectivity index (χ0v) is 17.0. The molecule has 1 amide bonds. The lowest BCUT2D eigenvalue weighted by atomic mass is 9.83. The van der Waals surface area contributed by atoms with Gasteiger partial charge in [0.15, 0.2) is 11.5 Å². The van der Waals surface area contributed by atoms with Gasteiger partial charge in [-0.2, -0.15) is 8.78 Å². The van der Waals surface area contributed by atoms with Gasteiger partial charge in [0.2, 0.25) is 5.91 Å². The molecule has 0 radical (unpaired) electrons. The van der Waals surface area contributed by atoms with Crippen LogP contribution in [0.4, 0.5) is 8.78 Å². The number of fused-ring (bicyclic) bond motifs is 1. The number of carbonyl (C=O) groups excluding carboxylic acids is 1. The molecule has 5 nitrogen and oxygen atoms in total. The highest BCUT2D eigenvalue weighted by Gasteiger charge is 2.31. The molecule has 3 rings (SSSR count). The Kier molecular flexibility index (Phi) is 6.07. The van der Waals surface area contributed by atoms with Crippen LogP contribution in [0.25, 0.3) is 0 Å². The Morgan fingerprint density at radius 3 is 2.61 bits per heavy atom. The van der Waals surface area contributed by atoms with E-state index in [9.17, 15) is 13.6 Å². The van der Waals surface area contributed by atoms with Crippen molar-refractivity contribution in [2.45, 2.75) is 32.4 Å². The molecule has 0 saturated heterocycles. The van der Waals surface area contributed by atoms with E-state index >= 15 is 0 Å². The summed E-state index contributed by atoms with van der Waals surface area (Å²) >= 11 is 3.30. The molecule has 1 N–H and O–H groups in total. The largest absolute Gasteiger partial charge is 0.486 e. The zero-order valence-electron chi connectivity index (χ0n) is 15.4. The second-order valence-electron chi connectivity index (χ2n) is 6.80. The van der Waals surface area contributed by atoms with Crippen molar-refractivity contribution < 1.29 is 27.8 Å². The molecule has 0 bridgehead atoms. The molecule has 150 valence electrons. The number of carbonyl (C=O) groups is 1. The first kappa shape index (κ1) is 20.4. The van der Waals surface area contributed by atoms with Crippen LogP contribution in [0.5, 0.6) is 17.2 Å². The fourth-order valence-corrected chi connectivity index (χ4v) is 3.27. The minimum atomic E-state index is -2.94. The maximum absolute atomic E-state index is 12.8. The first-order valence-electron chi connectivity index (χ1n) is 8.69. The van der Waals surface area contributed by atoms with E-state index in [0.717, 1.165) is 5.56 Å². The average molecular weight is 456 g/mol. The Morgan fingerprint density at radius 2 is 1.89 bits per heavy atom. The highest BCUT2D eigenvalue weighted by Crippen LogP contribution is 2.35. The highest BCUT2D eigenvalue weighted by molar-refractivity contribution is 9.10. The van der Waals surface area contributed by atoms with Crippen LogP contribution in [0.3, 0.4) is 0 Å². The summed E-state index contributed by atoms with van der Waals surface area (Å²) in [6.45, 7) is 1.62. The molecule has 1 heterocycles. The summed E-state index contributed by atoms with van der Waals surface area (Å²) in [5.41, 5.74) is 0.333. The Morgan fingerprint density at radius 1 is 1.18 bits per heavy atom. The van der Waals surface area contributed by atoms with Crippen LogP contribution < -0.4 is 19.5 Å². The summed E-state index contributed by atoms with van der Waals surface area (Å²) in [4.78, 5) is 12.8. The summed E-state index contributed by atoms with van der Waals surface area (Å²) in [6, 6.07) is 10.1. The number of amides is 1. The lowest BCUT2D eigenvalue weighted by molar-refractivity contribution is -0.125. The summed E-state index contributed by atoms with van der Waals surface area (Å²) in [5, 5.41) is 2.80. The van der Waals surface area contributed by atoms with Gasteiger partial charge in [0.25, 0.3) is 0 Å². The third-order valence-electron chi connectivity index (χ3n) is 4.51. The fraction of sp³-hybridized carbons (Fsp3) is 0.350. The van der Waals surface area contributed by atoms with Crippen LogP contribution in [0, 0.1) is 0 Å². The van der Waals surface area contributed by atoms with Gasteiger partial charge in [0, 0.05) is 16.6 Å². The van der Waals surface area contributed by atoms with Crippen molar-refractivity contribution in [3.63, 3.8) is 0 Å². The standard InChI is InChI=1S/C20H20BrF2NO4/c1-20(2,13-3-5-16-17(10-13)27-8-7-26-16)18(25)24-11-12-9-14(21)4-6-15(12)28-19(22)23/h3-6,9-10,19H,7-8,11H2,1-2H3,(H,24,25). The number of ether oxygens (including phenoxy) is 3. The van der Waals surface area contributed by atoms with E-state index in [0.29, 0.717) is 34.7 Å². The summed E-state index contributed by atoms with van der Waals surface area (Å²) in [5.74, 6) is 1.01. The number of benzene rings is 2. The number of alkyl halides is 2. The lowest BCUT2D eigenvalue weighted by Gasteiger charge is -2.27. The number of nitrogens with one attached hydrogen (secondary N) is 1. The molecule has 1 aliphatic rings. The van der Waals surface area contributed by atoms with Crippen molar-refractivity contribution in [2.75, 3.05) is 13.2 Å². The van der Waals surface area contributed by atoms with Crippen molar-refractivity contribution in [3.05, 3.63) is 52.0 Å². The third-order valence-corrected chi connectivity index (χ3v) is 5.00. The molecule has 0 aromatic heterocycles. The van der Waals surface area contributed by atoms with E-state index in [2.05, 4.69) is 26.0 Å². The molecule has 1 aliphatic heterocycles. The molecule has 28 heavy (non-hydrogen) atoms. The van der Waals surface area contributed by atoms with Crippen LogP contribution in [-0.4, -0.2) is 25.7 Å². The van der Waals surface area contributed by atoms with Gasteiger partial charge in [-0.25, -0.2) is 0 Å². The van der Waals surface area contributed by atoms with E-state index in [-0.39, 0.29) is 18.2 Å². The topological polar surface area (TPSA) is 56.8 Å². The molecule has 0 atom stereocenters. The zero-order chi connectivity index (χ0) is 20.3. The molecule has 8 heteroatoms. The van der Waals surface area contributed by atoms with E-state index in [1.807, 2.05) is 6.07 Å². The molecule has 0 unspecified atom stereocenters. The molecule has 0 aliphatic carbocycles. The SMILES string of the molecule is CC(C)(C(=O)NCc1cc(Br)ccc1OC(F)F)c1ccc2c(c1)OCCO2. The van der Waals surface area contributed by atoms with Crippen LogP contribution in [0.1, 0.15) is 25.0 Å². The minimum absolute atomic E-state index is 0.0237. The van der Waals surface area contributed by atoms with Gasteiger partial charge in [0.1, 0.15) is 19.0 Å². The molecule has 2 aromatic carbocycles. The van der Waals surface area contributed by atoms with Crippen molar-refractivity contribution in [1.29, 1.82) is 0 Å². The van der Waals surface area contributed by atoms with Crippen molar-refractivity contribution in [1.82, 2.24) is 5.32 Å². The normalized spacial score (nSPS) is 13.4. The second-order valence-corrected chi connectivity index (χ2v) is 7.71.